The average molecular weight is 238 g/mol. The molecule has 0 saturated carbocycles. The summed E-state index contributed by atoms with van der Waals surface area (Å²) in [4.78, 5) is 0. The number of nitrogens with zero attached hydrogens (tertiary/aromatic N) is 2. The van der Waals surface area contributed by atoms with Crippen LogP contribution in [-0.2, 0) is 14.1 Å². The number of nitrogen functional groups attached to an aromatic ring is 1. The van der Waals surface area contributed by atoms with Crippen LogP contribution in [0.1, 0.15) is 0 Å². The van der Waals surface area contributed by atoms with Gasteiger partial charge in [0.2, 0.25) is 0 Å². The molecule has 90 valence electrons. The van der Waals surface area contributed by atoms with Crippen LogP contribution in [0.4, 0.5) is 5.69 Å². The summed E-state index contributed by atoms with van der Waals surface area (Å²) in [7, 11) is 4.15. The van der Waals surface area contributed by atoms with Crippen LogP contribution in [0.3, 0.4) is 0 Å². The predicted molar refractivity (Wildman–Crippen MR) is 73.9 cm³/mol. The van der Waals surface area contributed by atoms with Crippen LogP contribution in [0.25, 0.3) is 22.4 Å². The summed E-state index contributed by atoms with van der Waals surface area (Å²) in [5.74, 6) is 1.12. The second kappa shape index (κ2) is 3.88. The molecule has 0 amide bonds. The molecule has 0 atom stereocenters. The number of hydrogen-bond donors (Lipinski definition) is 1. The molecule has 0 aliphatic rings. The smallest absolute Gasteiger partial charge is 0.291 e. The van der Waals surface area contributed by atoms with Crippen molar-refractivity contribution in [2.75, 3.05) is 5.73 Å². The molecule has 0 aliphatic carbocycles. The lowest BCUT2D eigenvalue weighted by Gasteiger charge is -2.02. The first-order valence-electron chi connectivity index (χ1n) is 5.98. The molecule has 0 radical (unpaired) electrons. The Balaban J connectivity index is 2.40. The monoisotopic (exact) mass is 238 g/mol. The Morgan fingerprint density at radius 3 is 2.39 bits per heavy atom. The van der Waals surface area contributed by atoms with E-state index in [1.807, 2.05) is 18.2 Å². The first kappa shape index (κ1) is 10.8. The number of hydrogen-bond acceptors (Lipinski definition) is 1. The maximum atomic E-state index is 6.09. The summed E-state index contributed by atoms with van der Waals surface area (Å²) in [6, 6.07) is 16.3. The average Bonchev–Trinajstić information content (AvgIpc) is 2.64. The van der Waals surface area contributed by atoms with Crippen LogP contribution < -0.4 is 10.3 Å². The van der Waals surface area contributed by atoms with Crippen molar-refractivity contribution in [3.8, 4) is 11.4 Å². The molecule has 1 aromatic heterocycles. The van der Waals surface area contributed by atoms with Crippen molar-refractivity contribution in [2.45, 2.75) is 0 Å². The van der Waals surface area contributed by atoms with Gasteiger partial charge in [0.15, 0.2) is 11.0 Å². The fraction of sp³-hybridized carbons (Fsp3) is 0.133. The van der Waals surface area contributed by atoms with Gasteiger partial charge in [-0.05, 0) is 24.3 Å². The lowest BCUT2D eigenvalue weighted by Crippen LogP contribution is -2.30. The lowest BCUT2D eigenvalue weighted by atomic mass is 10.1. The van der Waals surface area contributed by atoms with Crippen LogP contribution in [0.2, 0.25) is 0 Å². The third kappa shape index (κ3) is 1.40. The fourth-order valence-corrected chi connectivity index (χ4v) is 2.55. The molecule has 0 aliphatic heterocycles. The molecule has 3 aromatic rings. The first-order valence-corrected chi connectivity index (χ1v) is 5.98. The summed E-state index contributed by atoms with van der Waals surface area (Å²) >= 11 is 0. The van der Waals surface area contributed by atoms with E-state index < -0.39 is 0 Å². The van der Waals surface area contributed by atoms with E-state index in [1.54, 1.807) is 0 Å². The largest absolute Gasteiger partial charge is 0.398 e. The van der Waals surface area contributed by atoms with Gasteiger partial charge in [-0.25, -0.2) is 9.13 Å². The Hall–Kier alpha value is -2.29. The number of nitrogens with two attached hydrogens (primary N) is 1. The Bertz CT molecular complexity index is 687. The third-order valence-corrected chi connectivity index (χ3v) is 3.44. The van der Waals surface area contributed by atoms with E-state index in [9.17, 15) is 0 Å². The van der Waals surface area contributed by atoms with E-state index in [2.05, 4.69) is 53.6 Å². The lowest BCUT2D eigenvalue weighted by molar-refractivity contribution is -0.634. The minimum Gasteiger partial charge on any atom is -0.398 e. The van der Waals surface area contributed by atoms with Crippen LogP contribution >= 0.6 is 0 Å². The summed E-state index contributed by atoms with van der Waals surface area (Å²) in [5.41, 5.74) is 10.4. The molecule has 18 heavy (non-hydrogen) atoms. The SMILES string of the molecule is Cn1c(-c2ccccc2N)[n+](C)c2ccccc21. The van der Waals surface area contributed by atoms with Crippen LogP contribution in [-0.4, -0.2) is 4.57 Å². The highest BCUT2D eigenvalue weighted by molar-refractivity contribution is 5.79. The van der Waals surface area contributed by atoms with E-state index in [4.69, 9.17) is 5.73 Å². The van der Waals surface area contributed by atoms with Crippen molar-refractivity contribution < 1.29 is 4.57 Å². The minimum absolute atomic E-state index is 0.805. The standard InChI is InChI=1S/C15H15N3/c1-17-13-9-5-6-10-14(13)18(2)15(17)11-7-3-4-8-12(11)16/h3-10,16H,1-2H3/p+1. The van der Waals surface area contributed by atoms with Gasteiger partial charge in [0, 0.05) is 5.69 Å². The first-order chi connectivity index (χ1) is 8.70. The number of rotatable bonds is 1. The zero-order valence-corrected chi connectivity index (χ0v) is 10.6. The highest BCUT2D eigenvalue weighted by Crippen LogP contribution is 2.25. The molecule has 3 heteroatoms. The van der Waals surface area contributed by atoms with Gasteiger partial charge in [0.1, 0.15) is 0 Å². The zero-order valence-electron chi connectivity index (χ0n) is 10.6. The second-order valence-electron chi connectivity index (χ2n) is 4.52. The van der Waals surface area contributed by atoms with Gasteiger partial charge < -0.3 is 5.73 Å². The topological polar surface area (TPSA) is 34.8 Å². The van der Waals surface area contributed by atoms with Crippen molar-refractivity contribution in [1.82, 2.24) is 4.57 Å². The van der Waals surface area contributed by atoms with Crippen molar-refractivity contribution in [2.24, 2.45) is 14.1 Å². The molecule has 0 unspecified atom stereocenters. The molecule has 0 saturated heterocycles. The number of anilines is 1. The number of aryl methyl sites for hydroxylation is 2. The number of imidazole rings is 1. The Morgan fingerprint density at radius 2 is 1.67 bits per heavy atom. The number of aromatic nitrogens is 2. The number of benzene rings is 2. The molecular formula is C15H16N3+. The second-order valence-corrected chi connectivity index (χ2v) is 4.52. The summed E-state index contributed by atoms with van der Waals surface area (Å²) < 4.78 is 4.36. The highest BCUT2D eigenvalue weighted by Gasteiger charge is 2.22. The van der Waals surface area contributed by atoms with Gasteiger partial charge in [-0.2, -0.15) is 0 Å². The van der Waals surface area contributed by atoms with Gasteiger partial charge in [-0.1, -0.05) is 24.3 Å². The van der Waals surface area contributed by atoms with Gasteiger partial charge >= 0.3 is 0 Å². The molecule has 0 fully saturated rings. The molecular weight excluding hydrogens is 222 g/mol. The number of fused-ring (bicyclic) bond motifs is 1. The van der Waals surface area contributed by atoms with E-state index in [-0.39, 0.29) is 0 Å². The number of para-hydroxylation sites is 3. The van der Waals surface area contributed by atoms with Crippen LogP contribution in [0.5, 0.6) is 0 Å². The van der Waals surface area contributed by atoms with Crippen molar-refractivity contribution in [1.29, 1.82) is 0 Å². The van der Waals surface area contributed by atoms with Crippen LogP contribution in [0, 0.1) is 0 Å². The summed E-state index contributed by atoms with van der Waals surface area (Å²) in [6.45, 7) is 0. The summed E-state index contributed by atoms with van der Waals surface area (Å²) in [5, 5.41) is 0. The van der Waals surface area contributed by atoms with Crippen molar-refractivity contribution >= 4 is 16.7 Å². The highest BCUT2D eigenvalue weighted by atomic mass is 15.1. The normalized spacial score (nSPS) is 11.0. The van der Waals surface area contributed by atoms with Gasteiger partial charge in [-0.15, -0.1) is 0 Å². The van der Waals surface area contributed by atoms with E-state index >= 15 is 0 Å². The third-order valence-electron chi connectivity index (χ3n) is 3.44. The molecule has 0 bridgehead atoms. The van der Waals surface area contributed by atoms with Crippen molar-refractivity contribution in [3.63, 3.8) is 0 Å². The quantitative estimate of drug-likeness (QED) is 0.512. The van der Waals surface area contributed by atoms with E-state index in [0.29, 0.717) is 0 Å². The fourth-order valence-electron chi connectivity index (χ4n) is 2.55. The van der Waals surface area contributed by atoms with Gasteiger partial charge in [0.05, 0.1) is 19.7 Å². The molecule has 1 heterocycles. The Labute approximate surface area is 106 Å². The van der Waals surface area contributed by atoms with E-state index in [1.165, 1.54) is 11.0 Å². The van der Waals surface area contributed by atoms with Gasteiger partial charge in [-0.3, -0.25) is 0 Å². The molecule has 3 rings (SSSR count). The van der Waals surface area contributed by atoms with Crippen molar-refractivity contribution in [3.05, 3.63) is 48.5 Å². The maximum absolute atomic E-state index is 6.09. The minimum atomic E-state index is 0.805. The Morgan fingerprint density at radius 1 is 1.00 bits per heavy atom. The molecule has 2 N–H and O–H groups in total. The van der Waals surface area contributed by atoms with E-state index in [0.717, 1.165) is 17.1 Å². The van der Waals surface area contributed by atoms with Gasteiger partial charge in [0.25, 0.3) is 5.82 Å². The molecule has 3 nitrogen and oxygen atoms in total. The summed E-state index contributed by atoms with van der Waals surface area (Å²) in [6.07, 6.45) is 0. The van der Waals surface area contributed by atoms with Crippen LogP contribution in [0.15, 0.2) is 48.5 Å². The maximum Gasteiger partial charge on any atom is 0.291 e. The zero-order chi connectivity index (χ0) is 12.7. The Kier molecular flexibility index (Phi) is 2.33. The molecule has 2 aromatic carbocycles. The predicted octanol–water partition coefficient (Wildman–Crippen LogP) is 2.25. The molecule has 0 spiro atoms.